The van der Waals surface area contributed by atoms with E-state index in [1.165, 1.54) is 24.3 Å². The van der Waals surface area contributed by atoms with Crippen molar-refractivity contribution < 1.29 is 18.8 Å². The number of nitrogens with one attached hydrogen (secondary N) is 2. The predicted molar refractivity (Wildman–Crippen MR) is 103 cm³/mol. The molecule has 0 bridgehead atoms. The van der Waals surface area contributed by atoms with Crippen molar-refractivity contribution in [2.45, 2.75) is 25.8 Å². The molecule has 0 spiro atoms. The molecule has 0 aromatic heterocycles. The lowest BCUT2D eigenvalue weighted by atomic mass is 9.87. The maximum absolute atomic E-state index is 13.2. The molecule has 0 saturated carbocycles. The highest BCUT2D eigenvalue weighted by Crippen LogP contribution is 2.32. The van der Waals surface area contributed by atoms with Crippen LogP contribution in [-0.2, 0) is 15.1 Å². The number of amides is 4. The van der Waals surface area contributed by atoms with E-state index < -0.39 is 35.7 Å². The molecule has 1 fully saturated rings. The van der Waals surface area contributed by atoms with Crippen molar-refractivity contribution >= 4 is 35.1 Å². The number of urea groups is 1. The summed E-state index contributed by atoms with van der Waals surface area (Å²) in [6, 6.07) is 9.75. The Hall–Kier alpha value is -2.93. The molecule has 6 nitrogen and oxygen atoms in total. The Labute approximate surface area is 166 Å². The van der Waals surface area contributed by atoms with Crippen molar-refractivity contribution in [2.24, 2.45) is 0 Å². The molecule has 1 aliphatic heterocycles. The minimum Gasteiger partial charge on any atom is -0.324 e. The molecule has 2 aromatic carbocycles. The van der Waals surface area contributed by atoms with Crippen molar-refractivity contribution in [3.63, 3.8) is 0 Å². The molecule has 1 saturated heterocycles. The van der Waals surface area contributed by atoms with Crippen LogP contribution >= 0.6 is 11.6 Å². The zero-order chi connectivity index (χ0) is 20.5. The maximum atomic E-state index is 13.2. The number of halogens is 2. The van der Waals surface area contributed by atoms with Gasteiger partial charge in [0.1, 0.15) is 17.9 Å². The van der Waals surface area contributed by atoms with E-state index in [1.807, 2.05) is 0 Å². The van der Waals surface area contributed by atoms with Gasteiger partial charge in [-0.1, -0.05) is 36.7 Å². The first kappa shape index (κ1) is 19.8. The summed E-state index contributed by atoms with van der Waals surface area (Å²) in [6.07, 6.45) is 0.259. The Balaban J connectivity index is 1.80. The fourth-order valence-electron chi connectivity index (χ4n) is 3.22. The summed E-state index contributed by atoms with van der Waals surface area (Å²) in [6.45, 7) is 3.04. The molecule has 146 valence electrons. The number of benzene rings is 2. The first-order chi connectivity index (χ1) is 13.3. The third kappa shape index (κ3) is 3.45. The molecule has 2 aromatic rings. The van der Waals surface area contributed by atoms with Gasteiger partial charge in [0, 0.05) is 10.7 Å². The number of anilines is 1. The van der Waals surface area contributed by atoms with Gasteiger partial charge in [0.2, 0.25) is 5.91 Å². The molecule has 8 heteroatoms. The number of carbonyl (C=O) groups excluding carboxylic acids is 3. The van der Waals surface area contributed by atoms with Crippen LogP contribution < -0.4 is 10.6 Å². The van der Waals surface area contributed by atoms with E-state index in [0.717, 1.165) is 4.90 Å². The van der Waals surface area contributed by atoms with Crippen LogP contribution in [0.3, 0.4) is 0 Å². The number of hydrogen-bond acceptors (Lipinski definition) is 3. The van der Waals surface area contributed by atoms with E-state index in [4.69, 9.17) is 11.6 Å². The largest absolute Gasteiger partial charge is 0.325 e. The number of rotatable bonds is 5. The second kappa shape index (κ2) is 7.59. The molecule has 3 rings (SSSR count). The van der Waals surface area contributed by atoms with E-state index in [9.17, 15) is 18.8 Å². The van der Waals surface area contributed by atoms with E-state index in [-0.39, 0.29) is 6.42 Å². The van der Waals surface area contributed by atoms with Crippen LogP contribution in [0.2, 0.25) is 5.02 Å². The summed E-state index contributed by atoms with van der Waals surface area (Å²) in [7, 11) is 0. The van der Waals surface area contributed by atoms with E-state index in [0.29, 0.717) is 21.8 Å². The summed E-state index contributed by atoms with van der Waals surface area (Å²) in [5.74, 6) is -1.52. The SMILES string of the molecule is CC[C@@]1(c2ccc(F)cc2)NC(=O)N(CC(=O)Nc2cccc(Cl)c2C)C1=O. The van der Waals surface area contributed by atoms with Crippen LogP contribution in [0.5, 0.6) is 0 Å². The number of hydrogen-bond donors (Lipinski definition) is 2. The predicted octanol–water partition coefficient (Wildman–Crippen LogP) is 3.58. The third-order valence-electron chi connectivity index (χ3n) is 4.89. The normalized spacial score (nSPS) is 18.9. The first-order valence-electron chi connectivity index (χ1n) is 8.73. The summed E-state index contributed by atoms with van der Waals surface area (Å²) in [5, 5.41) is 5.82. The van der Waals surface area contributed by atoms with Gasteiger partial charge in [-0.05, 0) is 48.7 Å². The van der Waals surface area contributed by atoms with E-state index >= 15 is 0 Å². The second-order valence-electron chi connectivity index (χ2n) is 6.55. The lowest BCUT2D eigenvalue weighted by molar-refractivity contribution is -0.134. The summed E-state index contributed by atoms with van der Waals surface area (Å²) in [4.78, 5) is 38.7. The van der Waals surface area contributed by atoms with Crippen LogP contribution in [0.1, 0.15) is 24.5 Å². The van der Waals surface area contributed by atoms with Gasteiger partial charge in [0.25, 0.3) is 5.91 Å². The highest BCUT2D eigenvalue weighted by atomic mass is 35.5. The average Bonchev–Trinajstić information content (AvgIpc) is 2.91. The van der Waals surface area contributed by atoms with Gasteiger partial charge in [-0.25, -0.2) is 9.18 Å². The van der Waals surface area contributed by atoms with Gasteiger partial charge in [0.05, 0.1) is 0 Å². The Bertz CT molecular complexity index is 948. The molecule has 2 N–H and O–H groups in total. The van der Waals surface area contributed by atoms with Crippen LogP contribution in [0.25, 0.3) is 0 Å². The topological polar surface area (TPSA) is 78.5 Å². The Morgan fingerprint density at radius 1 is 1.21 bits per heavy atom. The number of imide groups is 1. The third-order valence-corrected chi connectivity index (χ3v) is 5.30. The average molecular weight is 404 g/mol. The minimum atomic E-state index is -1.32. The smallest absolute Gasteiger partial charge is 0.324 e. The molecule has 0 radical (unpaired) electrons. The second-order valence-corrected chi connectivity index (χ2v) is 6.95. The molecule has 1 atom stereocenters. The van der Waals surface area contributed by atoms with Crippen molar-refractivity contribution in [2.75, 3.05) is 11.9 Å². The summed E-state index contributed by atoms with van der Waals surface area (Å²) in [5.41, 5.74) is 0.328. The fraction of sp³-hybridized carbons (Fsp3) is 0.250. The van der Waals surface area contributed by atoms with Gasteiger partial charge >= 0.3 is 6.03 Å². The van der Waals surface area contributed by atoms with Gasteiger partial charge in [-0.3, -0.25) is 14.5 Å². The lowest BCUT2D eigenvalue weighted by Crippen LogP contribution is -2.44. The van der Waals surface area contributed by atoms with Crippen molar-refractivity contribution in [1.29, 1.82) is 0 Å². The molecule has 0 aliphatic carbocycles. The highest BCUT2D eigenvalue weighted by Gasteiger charge is 2.51. The van der Waals surface area contributed by atoms with Crippen LogP contribution in [0.4, 0.5) is 14.9 Å². The molecular weight excluding hydrogens is 385 g/mol. The molecule has 1 heterocycles. The van der Waals surface area contributed by atoms with Gasteiger partial charge in [0.15, 0.2) is 0 Å². The van der Waals surface area contributed by atoms with Gasteiger partial charge in [-0.2, -0.15) is 0 Å². The zero-order valence-electron chi connectivity index (χ0n) is 15.4. The van der Waals surface area contributed by atoms with Crippen LogP contribution in [0.15, 0.2) is 42.5 Å². The van der Waals surface area contributed by atoms with Crippen molar-refractivity contribution in [3.8, 4) is 0 Å². The van der Waals surface area contributed by atoms with Gasteiger partial charge < -0.3 is 10.6 Å². The number of nitrogens with zero attached hydrogens (tertiary/aromatic N) is 1. The Kier molecular flexibility index (Phi) is 5.38. The number of carbonyl (C=O) groups is 3. The van der Waals surface area contributed by atoms with Crippen molar-refractivity contribution in [3.05, 3.63) is 64.4 Å². The quantitative estimate of drug-likeness (QED) is 0.749. The maximum Gasteiger partial charge on any atom is 0.325 e. The van der Waals surface area contributed by atoms with E-state index in [2.05, 4.69) is 10.6 Å². The molecule has 1 aliphatic rings. The summed E-state index contributed by atoms with van der Waals surface area (Å²) >= 11 is 6.04. The first-order valence-corrected chi connectivity index (χ1v) is 9.11. The zero-order valence-corrected chi connectivity index (χ0v) is 16.1. The molecule has 4 amide bonds. The van der Waals surface area contributed by atoms with Crippen LogP contribution in [0, 0.1) is 12.7 Å². The Morgan fingerprint density at radius 2 is 1.89 bits per heavy atom. The van der Waals surface area contributed by atoms with E-state index in [1.54, 1.807) is 32.0 Å². The molecular formula is C20H19ClFN3O3. The van der Waals surface area contributed by atoms with Crippen molar-refractivity contribution in [1.82, 2.24) is 10.2 Å². The van der Waals surface area contributed by atoms with Gasteiger partial charge in [-0.15, -0.1) is 0 Å². The standard InChI is InChI=1S/C20H19ClFN3O3/c1-3-20(13-7-9-14(22)10-8-13)18(27)25(19(28)24-20)11-17(26)23-16-6-4-5-15(21)12(16)2/h4-10H,3,11H2,1-2H3,(H,23,26)(H,24,28)/t20-/m0/s1. The molecule has 28 heavy (non-hydrogen) atoms. The van der Waals surface area contributed by atoms with Crippen LogP contribution in [-0.4, -0.2) is 29.3 Å². The summed E-state index contributed by atoms with van der Waals surface area (Å²) < 4.78 is 13.2. The Morgan fingerprint density at radius 3 is 2.54 bits per heavy atom. The minimum absolute atomic E-state index is 0.259. The lowest BCUT2D eigenvalue weighted by Gasteiger charge is -2.25. The monoisotopic (exact) mass is 403 g/mol. The highest BCUT2D eigenvalue weighted by molar-refractivity contribution is 6.31. The fourth-order valence-corrected chi connectivity index (χ4v) is 3.39. The molecule has 0 unspecified atom stereocenters.